The number of ether oxygens (including phenoxy) is 2. The second-order valence-electron chi connectivity index (χ2n) is 8.12. The van der Waals surface area contributed by atoms with E-state index in [1.165, 1.54) is 42.5 Å². The van der Waals surface area contributed by atoms with Crippen LogP contribution in [0, 0.1) is 10.1 Å². The lowest BCUT2D eigenvalue weighted by molar-refractivity contribution is -0.384. The Hall–Kier alpha value is -4.84. The molecular formula is C27H20BrN3O8. The molecule has 0 aliphatic carbocycles. The minimum Gasteiger partial charge on any atom is -0.488 e. The maximum absolute atomic E-state index is 13.3. The van der Waals surface area contributed by atoms with Crippen molar-refractivity contribution < 1.29 is 33.6 Å². The molecule has 1 N–H and O–H groups in total. The SMILES string of the molecule is CCOC(=O)c1ccc(N2C(=O)NC(=O)/C(=C\c3cc(Br)ccc3OCc3ccc([N+](=O)[O-])cc3)C2=O)cc1. The molecule has 1 heterocycles. The van der Waals surface area contributed by atoms with Gasteiger partial charge in [0.05, 0.1) is 22.8 Å². The van der Waals surface area contributed by atoms with E-state index < -0.39 is 28.7 Å². The fraction of sp³-hybridized carbons (Fsp3) is 0.111. The normalized spacial score (nSPS) is 14.3. The molecule has 0 radical (unpaired) electrons. The van der Waals surface area contributed by atoms with Crippen molar-refractivity contribution in [2.45, 2.75) is 13.5 Å². The summed E-state index contributed by atoms with van der Waals surface area (Å²) in [7, 11) is 0. The third-order valence-corrected chi connectivity index (χ3v) is 6.04. The van der Waals surface area contributed by atoms with Crippen LogP contribution in [0.2, 0.25) is 0 Å². The molecule has 4 amide bonds. The van der Waals surface area contributed by atoms with Gasteiger partial charge in [-0.15, -0.1) is 0 Å². The second kappa shape index (κ2) is 11.7. The number of carbonyl (C=O) groups excluding carboxylic acids is 4. The van der Waals surface area contributed by atoms with Gasteiger partial charge < -0.3 is 9.47 Å². The summed E-state index contributed by atoms with van der Waals surface area (Å²) in [6, 6.07) is 15.5. The summed E-state index contributed by atoms with van der Waals surface area (Å²) in [6.45, 7) is 1.93. The number of halogens is 1. The lowest BCUT2D eigenvalue weighted by atomic mass is 10.1. The van der Waals surface area contributed by atoms with Crippen molar-refractivity contribution in [3.63, 3.8) is 0 Å². The van der Waals surface area contributed by atoms with E-state index in [1.54, 1.807) is 37.3 Å². The van der Waals surface area contributed by atoms with Crippen LogP contribution in [0.4, 0.5) is 16.2 Å². The van der Waals surface area contributed by atoms with E-state index in [1.807, 2.05) is 0 Å². The number of hydrogen-bond donors (Lipinski definition) is 1. The molecule has 0 spiro atoms. The number of barbiturate groups is 1. The number of nitrogens with zero attached hydrogens (tertiary/aromatic N) is 2. The molecule has 0 unspecified atom stereocenters. The summed E-state index contributed by atoms with van der Waals surface area (Å²) in [5.74, 6) is -1.98. The van der Waals surface area contributed by atoms with Crippen molar-refractivity contribution in [3.8, 4) is 5.75 Å². The zero-order chi connectivity index (χ0) is 28.1. The Morgan fingerprint density at radius 3 is 2.38 bits per heavy atom. The molecule has 11 nitrogen and oxygen atoms in total. The highest BCUT2D eigenvalue weighted by molar-refractivity contribution is 9.10. The molecule has 1 aliphatic heterocycles. The highest BCUT2D eigenvalue weighted by Gasteiger charge is 2.37. The van der Waals surface area contributed by atoms with Crippen molar-refractivity contribution in [2.75, 3.05) is 11.5 Å². The van der Waals surface area contributed by atoms with Crippen LogP contribution >= 0.6 is 15.9 Å². The highest BCUT2D eigenvalue weighted by atomic mass is 79.9. The van der Waals surface area contributed by atoms with Crippen molar-refractivity contribution in [3.05, 3.63) is 104 Å². The first-order valence-electron chi connectivity index (χ1n) is 11.5. The van der Waals surface area contributed by atoms with E-state index in [4.69, 9.17) is 9.47 Å². The molecule has 0 bridgehead atoms. The van der Waals surface area contributed by atoms with Gasteiger partial charge in [-0.05, 0) is 73.2 Å². The van der Waals surface area contributed by atoms with Crippen molar-refractivity contribution in [2.24, 2.45) is 0 Å². The lowest BCUT2D eigenvalue weighted by Crippen LogP contribution is -2.54. The van der Waals surface area contributed by atoms with Gasteiger partial charge >= 0.3 is 12.0 Å². The number of non-ortho nitro benzene ring substituents is 1. The Labute approximate surface area is 230 Å². The number of hydrogen-bond acceptors (Lipinski definition) is 8. The summed E-state index contributed by atoms with van der Waals surface area (Å²) in [5, 5.41) is 13.0. The number of nitrogens with one attached hydrogen (secondary N) is 1. The third kappa shape index (κ3) is 6.18. The van der Waals surface area contributed by atoms with Crippen molar-refractivity contribution in [1.82, 2.24) is 5.32 Å². The number of amides is 4. The van der Waals surface area contributed by atoms with Crippen LogP contribution in [0.25, 0.3) is 6.08 Å². The molecule has 3 aromatic rings. The van der Waals surface area contributed by atoms with Crippen molar-refractivity contribution >= 4 is 57.2 Å². The average molecular weight is 594 g/mol. The minimum atomic E-state index is -0.935. The zero-order valence-corrected chi connectivity index (χ0v) is 22.0. The Morgan fingerprint density at radius 1 is 1.05 bits per heavy atom. The van der Waals surface area contributed by atoms with E-state index in [9.17, 15) is 29.3 Å². The molecule has 198 valence electrons. The molecule has 0 saturated carbocycles. The fourth-order valence-electron chi connectivity index (χ4n) is 3.65. The fourth-order valence-corrected chi connectivity index (χ4v) is 4.03. The maximum atomic E-state index is 13.3. The summed E-state index contributed by atoms with van der Waals surface area (Å²) in [5.41, 5.74) is 1.05. The van der Waals surface area contributed by atoms with Gasteiger partial charge in [0.1, 0.15) is 17.9 Å². The monoisotopic (exact) mass is 593 g/mol. The quantitative estimate of drug-likeness (QED) is 0.129. The largest absolute Gasteiger partial charge is 0.488 e. The first-order valence-corrected chi connectivity index (χ1v) is 12.3. The van der Waals surface area contributed by atoms with Crippen LogP contribution in [-0.2, 0) is 20.9 Å². The van der Waals surface area contributed by atoms with Crippen molar-refractivity contribution in [1.29, 1.82) is 0 Å². The number of carbonyl (C=O) groups is 4. The smallest absolute Gasteiger partial charge is 0.338 e. The average Bonchev–Trinajstić information content (AvgIpc) is 2.91. The number of urea groups is 1. The number of anilines is 1. The molecule has 39 heavy (non-hydrogen) atoms. The zero-order valence-electron chi connectivity index (χ0n) is 20.4. The molecular weight excluding hydrogens is 574 g/mol. The van der Waals surface area contributed by atoms with E-state index in [0.717, 1.165) is 4.90 Å². The van der Waals surface area contributed by atoms with Crippen LogP contribution < -0.4 is 15.0 Å². The van der Waals surface area contributed by atoms with Gasteiger partial charge in [0.2, 0.25) is 0 Å². The number of nitro benzene ring substituents is 1. The second-order valence-corrected chi connectivity index (χ2v) is 9.04. The summed E-state index contributed by atoms with van der Waals surface area (Å²) < 4.78 is 11.5. The molecule has 0 atom stereocenters. The predicted molar refractivity (Wildman–Crippen MR) is 143 cm³/mol. The first kappa shape index (κ1) is 27.2. The number of nitro groups is 1. The van der Waals surface area contributed by atoms with E-state index in [0.29, 0.717) is 21.3 Å². The number of imide groups is 2. The Morgan fingerprint density at radius 2 is 1.74 bits per heavy atom. The predicted octanol–water partition coefficient (Wildman–Crippen LogP) is 4.78. The molecule has 3 aromatic carbocycles. The van der Waals surface area contributed by atoms with Gasteiger partial charge in [-0.25, -0.2) is 14.5 Å². The molecule has 1 saturated heterocycles. The van der Waals surface area contributed by atoms with E-state index in [2.05, 4.69) is 21.2 Å². The summed E-state index contributed by atoms with van der Waals surface area (Å²) in [6.07, 6.45) is 1.31. The molecule has 1 fully saturated rings. The highest BCUT2D eigenvalue weighted by Crippen LogP contribution is 2.29. The molecule has 4 rings (SSSR count). The van der Waals surface area contributed by atoms with Gasteiger partial charge in [-0.2, -0.15) is 0 Å². The van der Waals surface area contributed by atoms with Gasteiger partial charge in [-0.1, -0.05) is 15.9 Å². The lowest BCUT2D eigenvalue weighted by Gasteiger charge is -2.26. The van der Waals surface area contributed by atoms with Crippen LogP contribution in [0.5, 0.6) is 5.75 Å². The molecule has 0 aromatic heterocycles. The van der Waals surface area contributed by atoms with Crippen LogP contribution in [0.3, 0.4) is 0 Å². The van der Waals surface area contributed by atoms with Gasteiger partial charge in [0.25, 0.3) is 17.5 Å². The van der Waals surface area contributed by atoms with E-state index >= 15 is 0 Å². The standard InChI is InChI=1S/C27H20BrN3O8/c1-2-38-26(34)17-5-10-20(11-6-17)30-25(33)22(24(32)29-27(30)35)14-18-13-19(28)7-12-23(18)39-15-16-3-8-21(9-4-16)31(36)37/h3-14H,2,15H2,1H3,(H,29,32,35)/b22-14+. The number of esters is 1. The Kier molecular flexibility index (Phi) is 8.15. The minimum absolute atomic E-state index is 0.0516. The molecule has 1 aliphatic rings. The van der Waals surface area contributed by atoms with Crippen LogP contribution in [0.1, 0.15) is 28.4 Å². The van der Waals surface area contributed by atoms with Gasteiger partial charge in [-0.3, -0.25) is 25.0 Å². The number of benzene rings is 3. The maximum Gasteiger partial charge on any atom is 0.338 e. The summed E-state index contributed by atoms with van der Waals surface area (Å²) >= 11 is 3.36. The first-order chi connectivity index (χ1) is 18.7. The Balaban J connectivity index is 1.60. The number of rotatable bonds is 8. The molecule has 12 heteroatoms. The summed E-state index contributed by atoms with van der Waals surface area (Å²) in [4.78, 5) is 61.6. The van der Waals surface area contributed by atoms with Gasteiger partial charge in [0, 0.05) is 22.2 Å². The third-order valence-electron chi connectivity index (χ3n) is 5.55. The van der Waals surface area contributed by atoms with Crippen LogP contribution in [0.15, 0.2) is 76.8 Å². The van der Waals surface area contributed by atoms with E-state index in [-0.39, 0.29) is 35.7 Å². The van der Waals surface area contributed by atoms with Crippen LogP contribution in [-0.4, -0.2) is 35.3 Å². The topological polar surface area (TPSA) is 145 Å². The van der Waals surface area contributed by atoms with Gasteiger partial charge in [0.15, 0.2) is 0 Å². The Bertz CT molecular complexity index is 1500.